The fourth-order valence-electron chi connectivity index (χ4n) is 2.99. The fourth-order valence-corrected chi connectivity index (χ4v) is 3.12. The van der Waals surface area contributed by atoms with Gasteiger partial charge in [0, 0.05) is 22.7 Å². The van der Waals surface area contributed by atoms with Gasteiger partial charge in [0.05, 0.1) is 0 Å². The molecule has 0 aliphatic carbocycles. The van der Waals surface area contributed by atoms with E-state index in [1.165, 1.54) is 0 Å². The summed E-state index contributed by atoms with van der Waals surface area (Å²) in [5, 5.41) is 0.704. The van der Waals surface area contributed by atoms with E-state index in [4.69, 9.17) is 11.6 Å². The molecule has 0 amide bonds. The van der Waals surface area contributed by atoms with Crippen LogP contribution in [-0.4, -0.2) is 30.3 Å². The molecule has 0 unspecified atom stereocenters. The van der Waals surface area contributed by atoms with Gasteiger partial charge < -0.3 is 0 Å². The van der Waals surface area contributed by atoms with E-state index in [1.54, 1.807) is 0 Å². The number of nitrogens with zero attached hydrogens (tertiary/aromatic N) is 1. The first kappa shape index (κ1) is 21.4. The van der Waals surface area contributed by atoms with Gasteiger partial charge in [-0.1, -0.05) is 80.8 Å². The predicted octanol–water partition coefficient (Wildman–Crippen LogP) is 6.51. The van der Waals surface area contributed by atoms with Crippen LogP contribution < -0.4 is 0 Å². The molecule has 2 nitrogen and oxygen atoms in total. The van der Waals surface area contributed by atoms with Crippen molar-refractivity contribution in [3.63, 3.8) is 0 Å². The average Bonchev–Trinajstić information content (AvgIpc) is 2.71. The molecule has 0 spiro atoms. The van der Waals surface area contributed by atoms with E-state index in [2.05, 4.69) is 18.7 Å². The van der Waals surface area contributed by atoms with Gasteiger partial charge in [-0.15, -0.1) is 0 Å². The van der Waals surface area contributed by atoms with Gasteiger partial charge in [0.15, 0.2) is 5.78 Å². The van der Waals surface area contributed by atoms with Crippen LogP contribution in [-0.2, 0) is 0 Å². The Morgan fingerprint density at radius 1 is 0.926 bits per heavy atom. The summed E-state index contributed by atoms with van der Waals surface area (Å²) >= 11 is 6.01. The molecule has 0 N–H and O–H groups in total. The number of carbonyl (C=O) groups is 1. The van der Waals surface area contributed by atoms with Crippen LogP contribution in [0.25, 0.3) is 6.08 Å². The van der Waals surface area contributed by atoms with Gasteiger partial charge in [-0.3, -0.25) is 9.69 Å². The van der Waals surface area contributed by atoms with Crippen molar-refractivity contribution < 1.29 is 4.79 Å². The average molecular weight is 384 g/mol. The maximum atomic E-state index is 13.2. The highest BCUT2D eigenvalue weighted by molar-refractivity contribution is 6.30. The molecule has 0 atom stereocenters. The van der Waals surface area contributed by atoms with Gasteiger partial charge in [-0.25, -0.2) is 0 Å². The Morgan fingerprint density at radius 3 is 2.07 bits per heavy atom. The summed E-state index contributed by atoms with van der Waals surface area (Å²) in [6, 6.07) is 17.2. The molecule has 0 saturated carbocycles. The van der Waals surface area contributed by atoms with Crippen LogP contribution in [0.2, 0.25) is 5.02 Å². The highest BCUT2D eigenvalue weighted by atomic mass is 35.5. The van der Waals surface area contributed by atoms with Gasteiger partial charge >= 0.3 is 0 Å². The molecule has 0 aromatic heterocycles. The largest absolute Gasteiger partial charge is 0.299 e. The monoisotopic (exact) mass is 383 g/mol. The summed E-state index contributed by atoms with van der Waals surface area (Å²) < 4.78 is 0. The molecule has 0 saturated heterocycles. The maximum absolute atomic E-state index is 13.2. The van der Waals surface area contributed by atoms with Crippen LogP contribution in [0.15, 0.2) is 60.2 Å². The molecule has 2 aromatic carbocycles. The molecule has 0 fully saturated rings. The number of halogens is 1. The van der Waals surface area contributed by atoms with Gasteiger partial charge in [0.2, 0.25) is 0 Å². The normalized spacial score (nSPS) is 11.8. The quantitative estimate of drug-likeness (QED) is 0.325. The first-order valence-corrected chi connectivity index (χ1v) is 10.3. The number of hydrogen-bond acceptors (Lipinski definition) is 2. The molecule has 3 heteroatoms. The Hall–Kier alpha value is -1.90. The number of rotatable bonds is 11. The van der Waals surface area contributed by atoms with Crippen molar-refractivity contribution in [1.82, 2.24) is 4.90 Å². The molecule has 2 aromatic rings. The van der Waals surface area contributed by atoms with E-state index in [9.17, 15) is 4.79 Å². The Bertz CT molecular complexity index is 714. The number of hydrogen-bond donors (Lipinski definition) is 0. The zero-order valence-corrected chi connectivity index (χ0v) is 17.2. The first-order valence-electron chi connectivity index (χ1n) is 9.92. The van der Waals surface area contributed by atoms with E-state index >= 15 is 0 Å². The van der Waals surface area contributed by atoms with Crippen molar-refractivity contribution in [2.75, 3.05) is 19.6 Å². The third-order valence-electron chi connectivity index (χ3n) is 4.59. The van der Waals surface area contributed by atoms with E-state index in [-0.39, 0.29) is 5.78 Å². The molecule has 144 valence electrons. The number of Topliss-reactive ketones (excluding diaryl/α,β-unsaturated/α-hetero) is 1. The molecule has 0 heterocycles. The summed E-state index contributed by atoms with van der Waals surface area (Å²) in [4.78, 5) is 15.6. The molecule has 0 aliphatic rings. The lowest BCUT2D eigenvalue weighted by molar-refractivity contribution is 0.102. The third-order valence-corrected chi connectivity index (χ3v) is 4.84. The second kappa shape index (κ2) is 11.7. The molecule has 27 heavy (non-hydrogen) atoms. The van der Waals surface area contributed by atoms with Crippen LogP contribution in [0.4, 0.5) is 0 Å². The molecule has 0 bridgehead atoms. The zero-order chi connectivity index (χ0) is 19.5. The van der Waals surface area contributed by atoms with Crippen molar-refractivity contribution in [1.29, 1.82) is 0 Å². The van der Waals surface area contributed by atoms with Crippen LogP contribution in [0, 0.1) is 0 Å². The summed E-state index contributed by atoms with van der Waals surface area (Å²) in [6.45, 7) is 7.14. The van der Waals surface area contributed by atoms with Crippen molar-refractivity contribution >= 4 is 23.5 Å². The zero-order valence-electron chi connectivity index (χ0n) is 16.5. The maximum Gasteiger partial charge on any atom is 0.190 e. The smallest absolute Gasteiger partial charge is 0.190 e. The first-order chi connectivity index (χ1) is 13.1. The summed E-state index contributed by atoms with van der Waals surface area (Å²) in [6.07, 6.45) is 6.63. The van der Waals surface area contributed by atoms with Gasteiger partial charge in [-0.05, 0) is 49.7 Å². The standard InChI is InChI=1S/C24H30ClNO/c1-3-5-16-26(17-6-4-2)19-22(18-20-12-14-23(25)15-13-20)24(27)21-10-8-7-9-11-21/h7-15,18H,3-6,16-17,19H2,1-2H3/b22-18+. The minimum Gasteiger partial charge on any atom is -0.299 e. The molecular weight excluding hydrogens is 354 g/mol. The summed E-state index contributed by atoms with van der Waals surface area (Å²) in [5.74, 6) is 0.101. The van der Waals surface area contributed by atoms with Gasteiger partial charge in [0.1, 0.15) is 0 Å². The molecule has 2 rings (SSSR count). The lowest BCUT2D eigenvalue weighted by Crippen LogP contribution is -2.30. The molecule has 0 radical (unpaired) electrons. The number of benzene rings is 2. The van der Waals surface area contributed by atoms with Crippen molar-refractivity contribution in [2.24, 2.45) is 0 Å². The van der Waals surface area contributed by atoms with Gasteiger partial charge in [0.25, 0.3) is 0 Å². The molecule has 0 aliphatic heterocycles. The van der Waals surface area contributed by atoms with Crippen LogP contribution in [0.3, 0.4) is 0 Å². The Morgan fingerprint density at radius 2 is 1.52 bits per heavy atom. The summed E-state index contributed by atoms with van der Waals surface area (Å²) in [7, 11) is 0. The fraction of sp³-hybridized carbons (Fsp3) is 0.375. The topological polar surface area (TPSA) is 20.3 Å². The van der Waals surface area contributed by atoms with Crippen molar-refractivity contribution in [2.45, 2.75) is 39.5 Å². The number of unbranched alkanes of at least 4 members (excludes halogenated alkanes) is 2. The van der Waals surface area contributed by atoms with E-state index in [0.29, 0.717) is 11.6 Å². The van der Waals surface area contributed by atoms with E-state index < -0.39 is 0 Å². The van der Waals surface area contributed by atoms with E-state index in [1.807, 2.05) is 60.7 Å². The number of ketones is 1. The lowest BCUT2D eigenvalue weighted by atomic mass is 10.00. The van der Waals surface area contributed by atoms with Crippen molar-refractivity contribution in [3.8, 4) is 0 Å². The van der Waals surface area contributed by atoms with Crippen molar-refractivity contribution in [3.05, 3.63) is 76.3 Å². The van der Waals surface area contributed by atoms with Crippen LogP contribution in [0.1, 0.15) is 55.5 Å². The Labute approximate surface area is 168 Å². The highest BCUT2D eigenvalue weighted by Gasteiger charge is 2.16. The lowest BCUT2D eigenvalue weighted by Gasteiger charge is -2.23. The minimum absolute atomic E-state index is 0.101. The summed E-state index contributed by atoms with van der Waals surface area (Å²) in [5.41, 5.74) is 2.57. The second-order valence-corrected chi connectivity index (χ2v) is 7.34. The van der Waals surface area contributed by atoms with Crippen LogP contribution >= 0.6 is 11.6 Å². The molecular formula is C24H30ClNO. The second-order valence-electron chi connectivity index (χ2n) is 6.90. The SMILES string of the molecule is CCCCN(CCCC)C/C(=C\c1ccc(Cl)cc1)C(=O)c1ccccc1. The Balaban J connectivity index is 2.29. The Kier molecular flexibility index (Phi) is 9.30. The minimum atomic E-state index is 0.101. The third kappa shape index (κ3) is 7.32. The van der Waals surface area contributed by atoms with Gasteiger partial charge in [-0.2, -0.15) is 0 Å². The predicted molar refractivity (Wildman–Crippen MR) is 116 cm³/mol. The highest BCUT2D eigenvalue weighted by Crippen LogP contribution is 2.17. The van der Waals surface area contributed by atoms with E-state index in [0.717, 1.165) is 55.5 Å². The van der Waals surface area contributed by atoms with Crippen LogP contribution in [0.5, 0.6) is 0 Å². The number of carbonyl (C=O) groups excluding carboxylic acids is 1.